The van der Waals surface area contributed by atoms with Crippen LogP contribution >= 0.6 is 0 Å². The second-order valence-corrected chi connectivity index (χ2v) is 5.86. The minimum absolute atomic E-state index is 0.405. The van der Waals surface area contributed by atoms with Crippen LogP contribution in [0.2, 0.25) is 0 Å². The molecule has 0 bridgehead atoms. The fourth-order valence-electron chi connectivity index (χ4n) is 2.84. The zero-order chi connectivity index (χ0) is 14.8. The van der Waals surface area contributed by atoms with Crippen LogP contribution in [0.3, 0.4) is 0 Å². The van der Waals surface area contributed by atoms with E-state index in [1.54, 1.807) is 7.11 Å². The Morgan fingerprint density at radius 1 is 1.50 bits per heavy atom. The van der Waals surface area contributed by atoms with Crippen LogP contribution in [0.4, 0.5) is 0 Å². The average molecular weight is 277 g/mol. The Bertz CT molecular complexity index is 498. The summed E-state index contributed by atoms with van der Waals surface area (Å²) >= 11 is 0. The van der Waals surface area contributed by atoms with Crippen LogP contribution in [-0.2, 0) is 16.8 Å². The molecule has 0 aliphatic heterocycles. The smallest absolute Gasteiger partial charge is 0.328 e. The summed E-state index contributed by atoms with van der Waals surface area (Å²) in [6.07, 6.45) is 2.43. The molecule has 1 atom stereocenters. The highest BCUT2D eigenvalue weighted by molar-refractivity contribution is 5.82. The van der Waals surface area contributed by atoms with E-state index in [1.807, 2.05) is 18.2 Å². The number of aliphatic carboxylic acids is 1. The van der Waals surface area contributed by atoms with Gasteiger partial charge in [0.1, 0.15) is 11.3 Å². The molecule has 0 spiro atoms. The molecule has 110 valence electrons. The molecule has 0 radical (unpaired) electrons. The van der Waals surface area contributed by atoms with Gasteiger partial charge in [0, 0.05) is 0 Å². The molecule has 1 unspecified atom stereocenters. The third-order valence-electron chi connectivity index (χ3n) is 3.95. The zero-order valence-corrected chi connectivity index (χ0v) is 12.4. The van der Waals surface area contributed by atoms with E-state index in [9.17, 15) is 9.90 Å². The van der Waals surface area contributed by atoms with Gasteiger partial charge in [0.2, 0.25) is 0 Å². The van der Waals surface area contributed by atoms with Gasteiger partial charge in [0.15, 0.2) is 0 Å². The predicted octanol–water partition coefficient (Wildman–Crippen LogP) is 2.56. The van der Waals surface area contributed by atoms with Crippen molar-refractivity contribution in [2.75, 3.05) is 13.7 Å². The molecular weight excluding hydrogens is 254 g/mol. The molecule has 0 saturated heterocycles. The molecule has 2 rings (SSSR count). The van der Waals surface area contributed by atoms with Gasteiger partial charge in [-0.05, 0) is 55.0 Å². The molecule has 0 amide bonds. The van der Waals surface area contributed by atoms with Crippen molar-refractivity contribution in [1.29, 1.82) is 0 Å². The zero-order valence-electron chi connectivity index (χ0n) is 12.4. The second-order valence-electron chi connectivity index (χ2n) is 5.86. The number of rotatable bonds is 5. The quantitative estimate of drug-likeness (QED) is 0.868. The van der Waals surface area contributed by atoms with E-state index in [4.69, 9.17) is 4.74 Å². The molecule has 4 nitrogen and oxygen atoms in total. The Hall–Kier alpha value is -1.55. The number of benzene rings is 1. The molecule has 0 aromatic heterocycles. The predicted molar refractivity (Wildman–Crippen MR) is 78.1 cm³/mol. The Morgan fingerprint density at radius 3 is 2.85 bits per heavy atom. The van der Waals surface area contributed by atoms with Crippen molar-refractivity contribution in [1.82, 2.24) is 5.32 Å². The summed E-state index contributed by atoms with van der Waals surface area (Å²) in [5.74, 6) is 0.317. The second kappa shape index (κ2) is 5.83. The highest BCUT2D eigenvalue weighted by Crippen LogP contribution is 2.37. The van der Waals surface area contributed by atoms with E-state index < -0.39 is 11.5 Å². The van der Waals surface area contributed by atoms with E-state index in [0.717, 1.165) is 24.0 Å². The summed E-state index contributed by atoms with van der Waals surface area (Å²) in [4.78, 5) is 11.9. The summed E-state index contributed by atoms with van der Waals surface area (Å²) in [5, 5.41) is 13.1. The average Bonchev–Trinajstić information content (AvgIpc) is 2.44. The lowest BCUT2D eigenvalue weighted by molar-refractivity contribution is -0.146. The third-order valence-corrected chi connectivity index (χ3v) is 3.95. The van der Waals surface area contributed by atoms with Crippen molar-refractivity contribution in [3.05, 3.63) is 29.3 Å². The fourth-order valence-corrected chi connectivity index (χ4v) is 2.84. The maximum absolute atomic E-state index is 11.9. The summed E-state index contributed by atoms with van der Waals surface area (Å²) in [6.45, 7) is 4.85. The van der Waals surface area contributed by atoms with Crippen molar-refractivity contribution >= 4 is 5.97 Å². The molecule has 0 saturated carbocycles. The van der Waals surface area contributed by atoms with Crippen LogP contribution < -0.4 is 10.1 Å². The molecular formula is C16H23NO3. The monoisotopic (exact) mass is 277 g/mol. The normalized spacial score (nSPS) is 21.6. The minimum atomic E-state index is -0.980. The fraction of sp³-hybridized carbons (Fsp3) is 0.562. The number of carboxylic acids is 1. The molecule has 20 heavy (non-hydrogen) atoms. The van der Waals surface area contributed by atoms with Crippen molar-refractivity contribution in [2.45, 2.75) is 38.6 Å². The molecule has 4 heteroatoms. The van der Waals surface area contributed by atoms with E-state index in [-0.39, 0.29) is 0 Å². The number of hydrogen-bond acceptors (Lipinski definition) is 3. The highest BCUT2D eigenvalue weighted by atomic mass is 16.5. The maximum Gasteiger partial charge on any atom is 0.328 e. The number of methoxy groups -OCH3 is 1. The van der Waals surface area contributed by atoms with Crippen LogP contribution in [0, 0.1) is 5.92 Å². The van der Waals surface area contributed by atoms with Crippen molar-refractivity contribution in [2.24, 2.45) is 5.92 Å². The number of fused-ring (bicyclic) bond motifs is 1. The Morgan fingerprint density at radius 2 is 2.25 bits per heavy atom. The Kier molecular flexibility index (Phi) is 4.33. The van der Waals surface area contributed by atoms with Gasteiger partial charge in [0.05, 0.1) is 7.11 Å². The van der Waals surface area contributed by atoms with Crippen LogP contribution in [0.15, 0.2) is 18.2 Å². The largest absolute Gasteiger partial charge is 0.497 e. The first-order valence-corrected chi connectivity index (χ1v) is 7.15. The molecule has 2 N–H and O–H groups in total. The van der Waals surface area contributed by atoms with Gasteiger partial charge in [-0.25, -0.2) is 4.79 Å². The molecule has 1 aromatic rings. The minimum Gasteiger partial charge on any atom is -0.497 e. The van der Waals surface area contributed by atoms with Gasteiger partial charge in [-0.2, -0.15) is 0 Å². The summed E-state index contributed by atoms with van der Waals surface area (Å²) < 4.78 is 5.26. The molecule has 1 aliphatic rings. The van der Waals surface area contributed by atoms with E-state index in [1.165, 1.54) is 0 Å². The van der Waals surface area contributed by atoms with Gasteiger partial charge in [-0.3, -0.25) is 5.32 Å². The topological polar surface area (TPSA) is 58.6 Å². The lowest BCUT2D eigenvalue weighted by Gasteiger charge is -2.37. The standard InChI is InChI=1S/C16H23NO3/c1-11(2)10-17-16(15(18)19)8-4-5-12-6-7-13(20-3)9-14(12)16/h6-7,9,11,17H,4-5,8,10H2,1-3H3,(H,18,19). The Labute approximate surface area is 120 Å². The highest BCUT2D eigenvalue weighted by Gasteiger charge is 2.43. The van der Waals surface area contributed by atoms with E-state index in [0.29, 0.717) is 24.6 Å². The number of carbonyl (C=O) groups is 1. The number of ether oxygens (including phenoxy) is 1. The number of aryl methyl sites for hydroxylation is 1. The van der Waals surface area contributed by atoms with Crippen molar-refractivity contribution in [3.8, 4) is 5.75 Å². The Balaban J connectivity index is 2.46. The van der Waals surface area contributed by atoms with Gasteiger partial charge in [-0.1, -0.05) is 19.9 Å². The summed E-state index contributed by atoms with van der Waals surface area (Å²) in [7, 11) is 1.61. The van der Waals surface area contributed by atoms with Crippen molar-refractivity contribution < 1.29 is 14.6 Å². The molecule has 0 heterocycles. The lowest BCUT2D eigenvalue weighted by Crippen LogP contribution is -2.52. The van der Waals surface area contributed by atoms with Gasteiger partial charge in [-0.15, -0.1) is 0 Å². The van der Waals surface area contributed by atoms with Crippen LogP contribution in [0.5, 0.6) is 5.75 Å². The summed E-state index contributed by atoms with van der Waals surface area (Å²) in [5.41, 5.74) is 0.985. The van der Waals surface area contributed by atoms with Gasteiger partial charge in [0.25, 0.3) is 0 Å². The van der Waals surface area contributed by atoms with Crippen LogP contribution in [-0.4, -0.2) is 24.7 Å². The number of carboxylic acid groups (broad SMARTS) is 1. The SMILES string of the molecule is COc1ccc2c(c1)C(NCC(C)C)(C(=O)O)CCC2. The van der Waals surface area contributed by atoms with E-state index in [2.05, 4.69) is 19.2 Å². The van der Waals surface area contributed by atoms with Crippen LogP contribution in [0.25, 0.3) is 0 Å². The van der Waals surface area contributed by atoms with Gasteiger partial charge < -0.3 is 9.84 Å². The first kappa shape index (κ1) is 14.9. The number of nitrogens with one attached hydrogen (secondary N) is 1. The summed E-state index contributed by atoms with van der Waals surface area (Å²) in [6, 6.07) is 5.76. The van der Waals surface area contributed by atoms with Gasteiger partial charge >= 0.3 is 5.97 Å². The maximum atomic E-state index is 11.9. The number of hydrogen-bond donors (Lipinski definition) is 2. The molecule has 1 aromatic carbocycles. The lowest BCUT2D eigenvalue weighted by atomic mass is 9.76. The first-order valence-electron chi connectivity index (χ1n) is 7.15. The third kappa shape index (κ3) is 2.66. The molecule has 1 aliphatic carbocycles. The van der Waals surface area contributed by atoms with E-state index >= 15 is 0 Å². The van der Waals surface area contributed by atoms with Crippen LogP contribution in [0.1, 0.15) is 37.8 Å². The van der Waals surface area contributed by atoms with Crippen molar-refractivity contribution in [3.63, 3.8) is 0 Å². The molecule has 0 fully saturated rings. The first-order chi connectivity index (χ1) is 9.49.